The molecule has 6 heterocycles. The van der Waals surface area contributed by atoms with Crippen LogP contribution in [0.4, 0.5) is 0 Å². The van der Waals surface area contributed by atoms with E-state index in [1.807, 2.05) is 48.5 Å². The van der Waals surface area contributed by atoms with E-state index in [0.717, 1.165) is 65.7 Å². The van der Waals surface area contributed by atoms with Crippen molar-refractivity contribution < 1.29 is 17.1 Å². The average molecular weight is 528 g/mol. The summed E-state index contributed by atoms with van der Waals surface area (Å²) in [7, 11) is 0. The van der Waals surface area contributed by atoms with E-state index in [1.165, 1.54) is 0 Å². The predicted octanol–water partition coefficient (Wildman–Crippen LogP) is 5.45. The summed E-state index contributed by atoms with van der Waals surface area (Å²) in [6.07, 6.45) is 13.9. The van der Waals surface area contributed by atoms with E-state index in [9.17, 15) is 0 Å². The molecule has 0 aliphatic rings. The first-order chi connectivity index (χ1) is 17.9. The maximum atomic E-state index is 4.45. The zero-order valence-electron chi connectivity index (χ0n) is 19.1. The zero-order valence-corrected chi connectivity index (χ0v) is 20.1. The minimum Gasteiger partial charge on any atom is -0.255 e. The Morgan fingerprint density at radius 2 is 0.514 bits per heavy atom. The molecule has 2 aromatic carbocycles. The molecule has 8 rings (SSSR count). The maximum absolute atomic E-state index is 4.45. The van der Waals surface area contributed by atoms with Crippen LogP contribution in [0.25, 0.3) is 65.7 Å². The molecule has 0 aliphatic heterocycles. The summed E-state index contributed by atoms with van der Waals surface area (Å²) in [6, 6.07) is 15.7. The summed E-state index contributed by atoms with van der Waals surface area (Å²) in [5, 5.41) is 4.06. The smallest absolute Gasteiger partial charge is 0.255 e. The minimum atomic E-state index is 0. The SMILES string of the molecule is [Cu+2].c1cnc2c(c1)c1ncccc1c1nccnc21.c1cnc2c(c1)c1ncccc1c1nccnc21. The van der Waals surface area contributed by atoms with Gasteiger partial charge in [0.05, 0.1) is 11.0 Å². The third kappa shape index (κ3) is 3.69. The number of hydrogen-bond donors (Lipinski definition) is 0. The molecule has 0 spiro atoms. The van der Waals surface area contributed by atoms with Crippen molar-refractivity contribution in [3.05, 3.63) is 98.1 Å². The first-order valence-corrected chi connectivity index (χ1v) is 11.3. The number of hydrogen-bond acceptors (Lipinski definition) is 8. The largest absolute Gasteiger partial charge is 2.00 e. The quantitative estimate of drug-likeness (QED) is 0.189. The molecular formula is C28H16CuN8+2. The van der Waals surface area contributed by atoms with Crippen LogP contribution >= 0.6 is 0 Å². The summed E-state index contributed by atoms with van der Waals surface area (Å²) in [6.45, 7) is 0. The molecule has 0 unspecified atom stereocenters. The van der Waals surface area contributed by atoms with Crippen molar-refractivity contribution in [1.29, 1.82) is 0 Å². The molecule has 9 heteroatoms. The molecule has 0 bridgehead atoms. The first-order valence-electron chi connectivity index (χ1n) is 11.3. The van der Waals surface area contributed by atoms with Crippen LogP contribution in [-0.2, 0) is 17.1 Å². The van der Waals surface area contributed by atoms with Gasteiger partial charge in [-0.15, -0.1) is 0 Å². The fourth-order valence-electron chi connectivity index (χ4n) is 4.61. The normalized spacial score (nSPS) is 11.0. The molecule has 0 amide bonds. The van der Waals surface area contributed by atoms with Crippen LogP contribution in [0.3, 0.4) is 0 Å². The van der Waals surface area contributed by atoms with E-state index in [2.05, 4.69) is 39.9 Å². The monoisotopic (exact) mass is 527 g/mol. The summed E-state index contributed by atoms with van der Waals surface area (Å²) in [5.41, 5.74) is 6.92. The van der Waals surface area contributed by atoms with Crippen molar-refractivity contribution in [3.63, 3.8) is 0 Å². The van der Waals surface area contributed by atoms with E-state index in [-0.39, 0.29) is 17.1 Å². The number of nitrogens with zero attached hydrogens (tertiary/aromatic N) is 8. The Morgan fingerprint density at radius 1 is 0.270 bits per heavy atom. The molecule has 0 aliphatic carbocycles. The van der Waals surface area contributed by atoms with Gasteiger partial charge in [0, 0.05) is 71.1 Å². The van der Waals surface area contributed by atoms with Gasteiger partial charge in [0.25, 0.3) is 0 Å². The molecule has 8 nitrogen and oxygen atoms in total. The van der Waals surface area contributed by atoms with Gasteiger partial charge in [0.15, 0.2) is 0 Å². The summed E-state index contributed by atoms with van der Waals surface area (Å²) in [5.74, 6) is 0. The number of pyridine rings is 4. The fraction of sp³-hybridized carbons (Fsp3) is 0. The minimum absolute atomic E-state index is 0. The molecule has 0 saturated carbocycles. The first kappa shape index (κ1) is 22.7. The Hall–Kier alpha value is -4.72. The Balaban J connectivity index is 0.000000133. The predicted molar refractivity (Wildman–Crippen MR) is 140 cm³/mol. The van der Waals surface area contributed by atoms with Crippen LogP contribution in [0, 0.1) is 0 Å². The van der Waals surface area contributed by atoms with Crippen LogP contribution in [0.5, 0.6) is 0 Å². The third-order valence-corrected chi connectivity index (χ3v) is 6.10. The fourth-order valence-corrected chi connectivity index (χ4v) is 4.61. The van der Waals surface area contributed by atoms with Gasteiger partial charge in [0.2, 0.25) is 0 Å². The van der Waals surface area contributed by atoms with Gasteiger partial charge in [-0.05, 0) is 48.5 Å². The average Bonchev–Trinajstić information content (AvgIpc) is 2.98. The van der Waals surface area contributed by atoms with Crippen LogP contribution in [0.2, 0.25) is 0 Å². The Kier molecular flexibility index (Phi) is 5.76. The van der Waals surface area contributed by atoms with E-state index in [4.69, 9.17) is 0 Å². The molecule has 37 heavy (non-hydrogen) atoms. The topological polar surface area (TPSA) is 103 Å². The number of aromatic nitrogens is 8. The number of benzene rings is 2. The standard InChI is InChI=1S/2C14H8N4.Cu/c2*1-3-10-11(15-5-1)9-4-2-6-16-12(9)14-13(10)17-7-8-18-14;/h2*1-8H;/q;;+2. The summed E-state index contributed by atoms with van der Waals surface area (Å²) >= 11 is 0. The van der Waals surface area contributed by atoms with Gasteiger partial charge < -0.3 is 0 Å². The van der Waals surface area contributed by atoms with E-state index in [1.54, 1.807) is 49.6 Å². The molecule has 1 radical (unpaired) electrons. The maximum Gasteiger partial charge on any atom is 2.00 e. The third-order valence-electron chi connectivity index (χ3n) is 6.10. The van der Waals surface area contributed by atoms with Crippen molar-refractivity contribution in [3.8, 4) is 0 Å². The van der Waals surface area contributed by atoms with Gasteiger partial charge in [-0.1, -0.05) is 0 Å². The molecular weight excluding hydrogens is 512 g/mol. The molecule has 0 atom stereocenters. The van der Waals surface area contributed by atoms with E-state index < -0.39 is 0 Å². The van der Waals surface area contributed by atoms with Gasteiger partial charge in [-0.25, -0.2) is 0 Å². The van der Waals surface area contributed by atoms with Gasteiger partial charge >= 0.3 is 17.1 Å². The van der Waals surface area contributed by atoms with Crippen LogP contribution in [0.15, 0.2) is 98.1 Å². The second kappa shape index (κ2) is 9.38. The molecule has 8 aromatic rings. The van der Waals surface area contributed by atoms with Gasteiger partial charge in [0.1, 0.15) is 33.1 Å². The molecule has 0 N–H and O–H groups in total. The molecule has 0 fully saturated rings. The van der Waals surface area contributed by atoms with Gasteiger partial charge in [-0.2, -0.15) is 0 Å². The van der Waals surface area contributed by atoms with Crippen LogP contribution in [-0.4, -0.2) is 39.9 Å². The van der Waals surface area contributed by atoms with Crippen LogP contribution in [0.1, 0.15) is 0 Å². The van der Waals surface area contributed by atoms with Crippen molar-refractivity contribution in [2.45, 2.75) is 0 Å². The molecule has 6 aromatic heterocycles. The molecule has 177 valence electrons. The van der Waals surface area contributed by atoms with Crippen molar-refractivity contribution in [2.75, 3.05) is 0 Å². The number of rotatable bonds is 0. The van der Waals surface area contributed by atoms with Crippen molar-refractivity contribution >= 4 is 65.7 Å². The number of fused-ring (bicyclic) bond motifs is 12. The molecule has 0 saturated heterocycles. The summed E-state index contributed by atoms with van der Waals surface area (Å²) in [4.78, 5) is 35.4. The van der Waals surface area contributed by atoms with Crippen molar-refractivity contribution in [2.24, 2.45) is 0 Å². The zero-order chi connectivity index (χ0) is 23.9. The summed E-state index contributed by atoms with van der Waals surface area (Å²) < 4.78 is 0. The Labute approximate surface area is 220 Å². The van der Waals surface area contributed by atoms with Crippen molar-refractivity contribution in [1.82, 2.24) is 39.9 Å². The van der Waals surface area contributed by atoms with Gasteiger partial charge in [-0.3, -0.25) is 39.9 Å². The van der Waals surface area contributed by atoms with E-state index in [0.29, 0.717) is 0 Å². The van der Waals surface area contributed by atoms with E-state index >= 15 is 0 Å². The van der Waals surface area contributed by atoms with Crippen LogP contribution < -0.4 is 0 Å². The Bertz CT molecular complexity index is 1490. The second-order valence-electron chi connectivity index (χ2n) is 8.11. The Morgan fingerprint density at radius 3 is 0.838 bits per heavy atom. The second-order valence-corrected chi connectivity index (χ2v) is 8.11.